The number of rotatable bonds is 4. The van der Waals surface area contributed by atoms with Gasteiger partial charge in [-0.25, -0.2) is 4.68 Å². The normalized spacial score (nSPS) is 39.7. The molecular weight excluding hydrogens is 240 g/mol. The fraction of sp³-hybridized carbons (Fsp3) is 0.923. The van der Waals surface area contributed by atoms with E-state index < -0.39 is 0 Å². The summed E-state index contributed by atoms with van der Waals surface area (Å²) in [6.45, 7) is 1.33. The summed E-state index contributed by atoms with van der Waals surface area (Å²) in [4.78, 5) is 0. The molecule has 0 aromatic carbocycles. The predicted octanol–water partition coefficient (Wildman–Crippen LogP) is 0.969. The van der Waals surface area contributed by atoms with Crippen molar-refractivity contribution in [3.05, 3.63) is 0 Å². The van der Waals surface area contributed by atoms with Gasteiger partial charge in [-0.15, -0.1) is 0 Å². The summed E-state index contributed by atoms with van der Waals surface area (Å²) in [7, 11) is 0. The quantitative estimate of drug-likeness (QED) is 0.845. The molecule has 0 spiro atoms. The third kappa shape index (κ3) is 1.76. The van der Waals surface area contributed by atoms with Crippen LogP contribution in [0, 0.1) is 17.8 Å². The lowest BCUT2D eigenvalue weighted by atomic mass is 9.53. The number of aromatic nitrogens is 4. The third-order valence-corrected chi connectivity index (χ3v) is 5.35. The molecule has 1 aromatic heterocycles. The Labute approximate surface area is 113 Å². The van der Waals surface area contributed by atoms with E-state index >= 15 is 0 Å². The molecule has 4 aliphatic carbocycles. The maximum atomic E-state index is 5.56. The van der Waals surface area contributed by atoms with E-state index in [4.69, 9.17) is 5.73 Å². The zero-order valence-corrected chi connectivity index (χ0v) is 11.3. The maximum Gasteiger partial charge on any atom is 0.243 e. The van der Waals surface area contributed by atoms with Crippen molar-refractivity contribution < 1.29 is 0 Å². The molecule has 4 aliphatic rings. The van der Waals surface area contributed by atoms with Gasteiger partial charge in [-0.2, -0.15) is 0 Å². The van der Waals surface area contributed by atoms with Crippen LogP contribution in [0.15, 0.2) is 0 Å². The molecule has 0 radical (unpaired) electrons. The SMILES string of the molecule is NCCNc1nnnn1C12CC3CC(CC(C3)C1)C2. The molecule has 4 saturated carbocycles. The van der Waals surface area contributed by atoms with Crippen molar-refractivity contribution in [2.24, 2.45) is 23.5 Å². The molecule has 4 fully saturated rings. The number of tetrazole rings is 1. The molecule has 6 heteroatoms. The van der Waals surface area contributed by atoms with Gasteiger partial charge in [-0.05, 0) is 66.7 Å². The van der Waals surface area contributed by atoms with E-state index in [1.807, 2.05) is 0 Å². The Hall–Kier alpha value is -1.17. The Balaban J connectivity index is 1.66. The summed E-state index contributed by atoms with van der Waals surface area (Å²) in [5, 5.41) is 15.6. The zero-order valence-electron chi connectivity index (χ0n) is 11.3. The van der Waals surface area contributed by atoms with Crippen LogP contribution in [0.5, 0.6) is 0 Å². The van der Waals surface area contributed by atoms with Crippen LogP contribution in [0.4, 0.5) is 5.95 Å². The second-order valence-electron chi connectivity index (χ2n) is 6.77. The Morgan fingerprint density at radius 3 is 2.37 bits per heavy atom. The number of hydrogen-bond acceptors (Lipinski definition) is 5. The van der Waals surface area contributed by atoms with Crippen molar-refractivity contribution in [1.29, 1.82) is 0 Å². The molecule has 0 aliphatic heterocycles. The van der Waals surface area contributed by atoms with E-state index in [-0.39, 0.29) is 5.54 Å². The summed E-state index contributed by atoms with van der Waals surface area (Å²) in [5.41, 5.74) is 5.75. The van der Waals surface area contributed by atoms with Gasteiger partial charge < -0.3 is 11.1 Å². The fourth-order valence-electron chi connectivity index (χ4n) is 5.13. The van der Waals surface area contributed by atoms with Crippen LogP contribution in [0.1, 0.15) is 38.5 Å². The lowest BCUT2D eigenvalue weighted by Gasteiger charge is -2.56. The minimum absolute atomic E-state index is 0.190. The fourth-order valence-corrected chi connectivity index (χ4v) is 5.13. The van der Waals surface area contributed by atoms with E-state index in [9.17, 15) is 0 Å². The molecule has 0 amide bonds. The third-order valence-electron chi connectivity index (χ3n) is 5.35. The largest absolute Gasteiger partial charge is 0.352 e. The van der Waals surface area contributed by atoms with Gasteiger partial charge in [-0.3, -0.25) is 0 Å². The highest BCUT2D eigenvalue weighted by atomic mass is 15.6. The number of nitrogens with one attached hydrogen (secondary N) is 1. The van der Waals surface area contributed by atoms with E-state index in [1.54, 1.807) is 0 Å². The van der Waals surface area contributed by atoms with Crippen LogP contribution < -0.4 is 11.1 Å². The van der Waals surface area contributed by atoms with Gasteiger partial charge in [0.1, 0.15) is 0 Å². The van der Waals surface area contributed by atoms with Crippen LogP contribution in [0.3, 0.4) is 0 Å². The van der Waals surface area contributed by atoms with Crippen LogP contribution >= 0.6 is 0 Å². The molecule has 5 rings (SSSR count). The van der Waals surface area contributed by atoms with Crippen LogP contribution in [-0.4, -0.2) is 33.3 Å². The first kappa shape index (κ1) is 11.6. The Morgan fingerprint density at radius 1 is 1.16 bits per heavy atom. The number of hydrogen-bond donors (Lipinski definition) is 2. The summed E-state index contributed by atoms with van der Waals surface area (Å²) in [6.07, 6.45) is 8.11. The first-order chi connectivity index (χ1) is 9.29. The van der Waals surface area contributed by atoms with Gasteiger partial charge in [0.25, 0.3) is 0 Å². The van der Waals surface area contributed by atoms with Gasteiger partial charge in [-0.1, -0.05) is 5.10 Å². The van der Waals surface area contributed by atoms with Crippen molar-refractivity contribution in [3.8, 4) is 0 Å². The highest BCUT2D eigenvalue weighted by molar-refractivity contribution is 5.25. The van der Waals surface area contributed by atoms with Crippen molar-refractivity contribution in [1.82, 2.24) is 20.2 Å². The van der Waals surface area contributed by atoms with Crippen molar-refractivity contribution in [2.75, 3.05) is 18.4 Å². The average molecular weight is 262 g/mol. The van der Waals surface area contributed by atoms with Crippen molar-refractivity contribution in [2.45, 2.75) is 44.1 Å². The number of nitrogens with two attached hydrogens (primary N) is 1. The monoisotopic (exact) mass is 262 g/mol. The second kappa shape index (κ2) is 4.16. The Kier molecular flexibility index (Phi) is 2.55. The molecule has 6 nitrogen and oxygen atoms in total. The van der Waals surface area contributed by atoms with Crippen LogP contribution in [0.25, 0.3) is 0 Å². The molecule has 1 heterocycles. The van der Waals surface area contributed by atoms with E-state index in [2.05, 4.69) is 25.5 Å². The van der Waals surface area contributed by atoms with Crippen molar-refractivity contribution in [3.63, 3.8) is 0 Å². The predicted molar refractivity (Wildman–Crippen MR) is 71.5 cm³/mol. The van der Waals surface area contributed by atoms with E-state index in [1.165, 1.54) is 38.5 Å². The van der Waals surface area contributed by atoms with Gasteiger partial charge in [0.05, 0.1) is 5.54 Å². The van der Waals surface area contributed by atoms with Crippen molar-refractivity contribution >= 4 is 5.95 Å². The Morgan fingerprint density at radius 2 is 1.79 bits per heavy atom. The second-order valence-corrected chi connectivity index (χ2v) is 6.77. The molecule has 0 unspecified atom stereocenters. The lowest BCUT2D eigenvalue weighted by Crippen LogP contribution is -2.52. The topological polar surface area (TPSA) is 81.7 Å². The zero-order chi connectivity index (χ0) is 12.9. The molecule has 1 aromatic rings. The summed E-state index contributed by atoms with van der Waals surface area (Å²) < 4.78 is 2.09. The number of anilines is 1. The smallest absolute Gasteiger partial charge is 0.243 e. The number of nitrogens with zero attached hydrogens (tertiary/aromatic N) is 4. The molecule has 104 valence electrons. The standard InChI is InChI=1S/C13H22N6/c14-1-2-15-12-16-17-18-19(12)13-6-9-3-10(7-13)5-11(4-9)8-13/h9-11H,1-8,14H2,(H,15,16,18). The minimum atomic E-state index is 0.190. The first-order valence-electron chi connectivity index (χ1n) is 7.52. The molecule has 0 saturated heterocycles. The van der Waals surface area contributed by atoms with E-state index in [0.717, 1.165) is 30.2 Å². The molecule has 4 bridgehead atoms. The first-order valence-corrected chi connectivity index (χ1v) is 7.52. The summed E-state index contributed by atoms with van der Waals surface area (Å²) >= 11 is 0. The van der Waals surface area contributed by atoms with Gasteiger partial charge in [0.2, 0.25) is 5.95 Å². The summed E-state index contributed by atoms with van der Waals surface area (Å²) in [6, 6.07) is 0. The van der Waals surface area contributed by atoms with E-state index in [0.29, 0.717) is 6.54 Å². The Bertz CT molecular complexity index is 432. The molecule has 3 N–H and O–H groups in total. The lowest BCUT2D eigenvalue weighted by molar-refractivity contribution is -0.0491. The highest BCUT2D eigenvalue weighted by Crippen LogP contribution is 2.58. The highest BCUT2D eigenvalue weighted by Gasteiger charge is 2.53. The average Bonchev–Trinajstić information content (AvgIpc) is 2.83. The minimum Gasteiger partial charge on any atom is -0.352 e. The van der Waals surface area contributed by atoms with Gasteiger partial charge in [0, 0.05) is 13.1 Å². The van der Waals surface area contributed by atoms with Crippen LogP contribution in [0.2, 0.25) is 0 Å². The maximum absolute atomic E-state index is 5.56. The van der Waals surface area contributed by atoms with Gasteiger partial charge >= 0.3 is 0 Å². The summed E-state index contributed by atoms with van der Waals surface area (Å²) in [5.74, 6) is 3.51. The molecular formula is C13H22N6. The van der Waals surface area contributed by atoms with Crippen LogP contribution in [-0.2, 0) is 5.54 Å². The van der Waals surface area contributed by atoms with Gasteiger partial charge in [0.15, 0.2) is 0 Å². The molecule has 0 atom stereocenters. The molecule has 19 heavy (non-hydrogen) atoms.